The molecule has 0 unspecified atom stereocenters. The first-order valence-electron chi connectivity index (χ1n) is 10.4. The van der Waals surface area contributed by atoms with Crippen LogP contribution >= 0.6 is 0 Å². The smallest absolute Gasteiger partial charge is 0.266 e. The highest BCUT2D eigenvalue weighted by Crippen LogP contribution is 2.31. The predicted molar refractivity (Wildman–Crippen MR) is 130 cm³/mol. The minimum atomic E-state index is -0.496. The van der Waals surface area contributed by atoms with Crippen molar-refractivity contribution in [3.8, 4) is 17.6 Å². The third-order valence-electron chi connectivity index (χ3n) is 5.17. The summed E-state index contributed by atoms with van der Waals surface area (Å²) in [7, 11) is 1.58. The van der Waals surface area contributed by atoms with Crippen molar-refractivity contribution in [2.45, 2.75) is 6.61 Å². The van der Waals surface area contributed by atoms with Crippen molar-refractivity contribution >= 4 is 28.4 Å². The number of nitrogens with zero attached hydrogens (tertiary/aromatic N) is 1. The Balaban J connectivity index is 1.67. The molecule has 0 saturated carbocycles. The number of benzene rings is 4. The number of hydrogen-bond donors (Lipinski definition) is 1. The molecule has 4 aromatic rings. The van der Waals surface area contributed by atoms with Crippen molar-refractivity contribution in [3.05, 3.63) is 108 Å². The number of amides is 1. The van der Waals surface area contributed by atoms with Gasteiger partial charge in [-0.25, -0.2) is 0 Å². The molecule has 1 amide bonds. The first-order chi connectivity index (χ1) is 16.2. The normalized spacial score (nSPS) is 11.0. The average molecular weight is 434 g/mol. The number of carbonyl (C=O) groups is 1. The van der Waals surface area contributed by atoms with Crippen LogP contribution in [0.5, 0.6) is 11.5 Å². The zero-order chi connectivity index (χ0) is 23.0. The fourth-order valence-electron chi connectivity index (χ4n) is 3.45. The van der Waals surface area contributed by atoms with E-state index in [1.54, 1.807) is 37.5 Å². The van der Waals surface area contributed by atoms with Crippen molar-refractivity contribution in [3.63, 3.8) is 0 Å². The first kappa shape index (κ1) is 21.7. The summed E-state index contributed by atoms with van der Waals surface area (Å²) in [6.45, 7) is 0.375. The molecule has 0 fully saturated rings. The predicted octanol–water partition coefficient (Wildman–Crippen LogP) is 5.97. The van der Waals surface area contributed by atoms with E-state index >= 15 is 0 Å². The molecular weight excluding hydrogens is 412 g/mol. The van der Waals surface area contributed by atoms with Gasteiger partial charge in [-0.1, -0.05) is 60.7 Å². The highest BCUT2D eigenvalue weighted by molar-refractivity contribution is 6.11. The third kappa shape index (κ3) is 5.20. The Morgan fingerprint density at radius 1 is 0.939 bits per heavy atom. The van der Waals surface area contributed by atoms with Crippen molar-refractivity contribution in [1.29, 1.82) is 5.26 Å². The first-order valence-corrected chi connectivity index (χ1v) is 10.4. The monoisotopic (exact) mass is 434 g/mol. The van der Waals surface area contributed by atoms with E-state index in [2.05, 4.69) is 5.32 Å². The lowest BCUT2D eigenvalue weighted by Crippen LogP contribution is -2.13. The standard InChI is InChI=1S/C28H22N2O3/c1-32-24-14-12-23(13-15-24)30-28(31)22(18-29)17-26-25-10-6-5-9-21(25)11-16-27(26)33-19-20-7-3-2-4-8-20/h2-17H,19H2,1H3,(H,30,31)/b22-17+. The number of fused-ring (bicyclic) bond motifs is 1. The van der Waals surface area contributed by atoms with Gasteiger partial charge in [-0.3, -0.25) is 4.79 Å². The number of nitrogens with one attached hydrogen (secondary N) is 1. The van der Waals surface area contributed by atoms with E-state index < -0.39 is 5.91 Å². The Bertz CT molecular complexity index is 1340. The summed E-state index contributed by atoms with van der Waals surface area (Å²) < 4.78 is 11.2. The fourth-order valence-corrected chi connectivity index (χ4v) is 3.45. The molecule has 33 heavy (non-hydrogen) atoms. The third-order valence-corrected chi connectivity index (χ3v) is 5.17. The second-order valence-electron chi connectivity index (χ2n) is 7.33. The van der Waals surface area contributed by atoms with Gasteiger partial charge >= 0.3 is 0 Å². The van der Waals surface area contributed by atoms with Crippen LogP contribution in [0.2, 0.25) is 0 Å². The van der Waals surface area contributed by atoms with Crippen molar-refractivity contribution in [2.75, 3.05) is 12.4 Å². The number of rotatable bonds is 7. The van der Waals surface area contributed by atoms with E-state index in [0.29, 0.717) is 29.4 Å². The SMILES string of the molecule is COc1ccc(NC(=O)/C(C#N)=C/c2c(OCc3ccccc3)ccc3ccccc23)cc1. The molecule has 4 rings (SSSR count). The summed E-state index contributed by atoms with van der Waals surface area (Å²) in [5, 5.41) is 14.4. The number of ether oxygens (including phenoxy) is 2. The van der Waals surface area contributed by atoms with Crippen LogP contribution < -0.4 is 14.8 Å². The lowest BCUT2D eigenvalue weighted by molar-refractivity contribution is -0.112. The van der Waals surface area contributed by atoms with Crippen molar-refractivity contribution < 1.29 is 14.3 Å². The second kappa shape index (κ2) is 10.2. The van der Waals surface area contributed by atoms with Gasteiger partial charge in [0.25, 0.3) is 5.91 Å². The summed E-state index contributed by atoms with van der Waals surface area (Å²) in [5.41, 5.74) is 2.26. The van der Waals surface area contributed by atoms with Gasteiger partial charge in [-0.05, 0) is 52.7 Å². The molecule has 0 saturated heterocycles. The van der Waals surface area contributed by atoms with Crippen molar-refractivity contribution in [2.24, 2.45) is 0 Å². The molecule has 0 aromatic heterocycles. The molecule has 5 heteroatoms. The molecule has 1 N–H and O–H groups in total. The lowest BCUT2D eigenvalue weighted by Gasteiger charge is -2.13. The highest BCUT2D eigenvalue weighted by Gasteiger charge is 2.14. The number of anilines is 1. The molecule has 0 aliphatic rings. The van der Waals surface area contributed by atoms with E-state index in [0.717, 1.165) is 16.3 Å². The van der Waals surface area contributed by atoms with Crippen LogP contribution in [0, 0.1) is 11.3 Å². The van der Waals surface area contributed by atoms with Crippen LogP contribution in [0.1, 0.15) is 11.1 Å². The molecule has 0 spiro atoms. The Kier molecular flexibility index (Phi) is 6.67. The highest BCUT2D eigenvalue weighted by atomic mass is 16.5. The van der Waals surface area contributed by atoms with Crippen LogP contribution in [-0.4, -0.2) is 13.0 Å². The Morgan fingerprint density at radius 2 is 1.67 bits per heavy atom. The summed E-state index contributed by atoms with van der Waals surface area (Å²) >= 11 is 0. The minimum absolute atomic E-state index is 0.0215. The number of hydrogen-bond acceptors (Lipinski definition) is 4. The molecule has 162 valence electrons. The molecule has 0 atom stereocenters. The number of carbonyl (C=O) groups excluding carboxylic acids is 1. The Labute approximate surface area is 192 Å². The summed E-state index contributed by atoms with van der Waals surface area (Å²) in [4.78, 5) is 12.9. The molecule has 0 radical (unpaired) electrons. The van der Waals surface area contributed by atoms with E-state index in [4.69, 9.17) is 9.47 Å². The van der Waals surface area contributed by atoms with Crippen LogP contribution in [0.4, 0.5) is 5.69 Å². The quantitative estimate of drug-likeness (QED) is 0.287. The van der Waals surface area contributed by atoms with Gasteiger partial charge in [-0.15, -0.1) is 0 Å². The van der Waals surface area contributed by atoms with Gasteiger partial charge in [0, 0.05) is 11.3 Å². The fraction of sp³-hybridized carbons (Fsp3) is 0.0714. The Morgan fingerprint density at radius 3 is 2.39 bits per heavy atom. The van der Waals surface area contributed by atoms with E-state index in [-0.39, 0.29) is 5.57 Å². The second-order valence-corrected chi connectivity index (χ2v) is 7.33. The minimum Gasteiger partial charge on any atom is -0.497 e. The number of methoxy groups -OCH3 is 1. The molecular formula is C28H22N2O3. The van der Waals surface area contributed by atoms with Gasteiger partial charge in [0.1, 0.15) is 29.7 Å². The van der Waals surface area contributed by atoms with E-state index in [1.165, 1.54) is 0 Å². The van der Waals surface area contributed by atoms with Gasteiger partial charge in [0.05, 0.1) is 7.11 Å². The summed E-state index contributed by atoms with van der Waals surface area (Å²) in [6.07, 6.45) is 1.58. The zero-order valence-electron chi connectivity index (χ0n) is 18.1. The largest absolute Gasteiger partial charge is 0.497 e. The molecule has 4 aromatic carbocycles. The maximum atomic E-state index is 12.9. The summed E-state index contributed by atoms with van der Waals surface area (Å²) in [6, 6.07) is 30.4. The molecule has 0 bridgehead atoms. The van der Waals surface area contributed by atoms with Gasteiger partial charge in [-0.2, -0.15) is 5.26 Å². The van der Waals surface area contributed by atoms with Crippen LogP contribution in [0.25, 0.3) is 16.8 Å². The van der Waals surface area contributed by atoms with E-state index in [9.17, 15) is 10.1 Å². The number of nitriles is 1. The molecule has 0 heterocycles. The van der Waals surface area contributed by atoms with Crippen LogP contribution in [0.3, 0.4) is 0 Å². The zero-order valence-corrected chi connectivity index (χ0v) is 18.1. The van der Waals surface area contributed by atoms with Crippen molar-refractivity contribution in [1.82, 2.24) is 0 Å². The maximum absolute atomic E-state index is 12.9. The van der Waals surface area contributed by atoms with Gasteiger partial charge < -0.3 is 14.8 Å². The van der Waals surface area contributed by atoms with Crippen LogP contribution in [0.15, 0.2) is 96.6 Å². The summed E-state index contributed by atoms with van der Waals surface area (Å²) in [5.74, 6) is 0.784. The topological polar surface area (TPSA) is 71.3 Å². The maximum Gasteiger partial charge on any atom is 0.266 e. The Hall–Kier alpha value is -4.56. The van der Waals surface area contributed by atoms with E-state index in [1.807, 2.05) is 72.8 Å². The molecule has 0 aliphatic heterocycles. The lowest BCUT2D eigenvalue weighted by atomic mass is 10.0. The molecule has 5 nitrogen and oxygen atoms in total. The molecule has 0 aliphatic carbocycles. The average Bonchev–Trinajstić information content (AvgIpc) is 2.87. The van der Waals surface area contributed by atoms with Gasteiger partial charge in [0.2, 0.25) is 0 Å². The van der Waals surface area contributed by atoms with Gasteiger partial charge in [0.15, 0.2) is 0 Å². The van der Waals surface area contributed by atoms with Crippen LogP contribution in [-0.2, 0) is 11.4 Å².